The number of ether oxygens (including phenoxy) is 2. The van der Waals surface area contributed by atoms with Crippen LogP contribution in [0.4, 0.5) is 5.69 Å². The topological polar surface area (TPSA) is 174 Å². The predicted molar refractivity (Wildman–Crippen MR) is 239 cm³/mol. The summed E-state index contributed by atoms with van der Waals surface area (Å²) in [7, 11) is 0. The third-order valence-electron chi connectivity index (χ3n) is 14.5. The molecule has 0 radical (unpaired) electrons. The number of piperidine rings is 2. The van der Waals surface area contributed by atoms with E-state index in [0.29, 0.717) is 40.1 Å². The van der Waals surface area contributed by atoms with Crippen LogP contribution < -0.4 is 25.0 Å². The number of benzene rings is 3. The molecule has 2 saturated heterocycles. The molecule has 1 aromatic heterocycles. The molecule has 64 heavy (non-hydrogen) atoms. The predicted octanol–water partition coefficient (Wildman–Crippen LogP) is 6.27. The van der Waals surface area contributed by atoms with Crippen molar-refractivity contribution in [3.8, 4) is 17.6 Å². The second-order valence-corrected chi connectivity index (χ2v) is 19.3. The Kier molecular flexibility index (Phi) is 11.2. The van der Waals surface area contributed by atoms with Gasteiger partial charge in [0.2, 0.25) is 11.8 Å². The van der Waals surface area contributed by atoms with Gasteiger partial charge in [0, 0.05) is 84.6 Å². The molecule has 0 unspecified atom stereocenters. The maximum absolute atomic E-state index is 13.7. The summed E-state index contributed by atoms with van der Waals surface area (Å²) in [6.45, 7) is 14.6. The number of aromatic nitrogens is 1. The van der Waals surface area contributed by atoms with Gasteiger partial charge in [0.05, 0.1) is 22.2 Å². The minimum Gasteiger partial charge on any atom is -0.490 e. The van der Waals surface area contributed by atoms with Gasteiger partial charge in [-0.15, -0.1) is 0 Å². The number of anilines is 1. The number of carbonyl (C=O) groups is 5. The SMILES string of the molecule is CCN(CC1CCN(c2ccc(C(=O)NC3C(C)(C)C(Oc4ccc(C#N)c5ncccc45)C3(C)C)cc2)CC1)C1CC(Oc2ccc3c(c2)C(=O)N([C@@H]2CCC(=O)NC2=O)C3=O)C1. The Morgan fingerprint density at radius 3 is 2.33 bits per heavy atom. The van der Waals surface area contributed by atoms with Gasteiger partial charge >= 0.3 is 0 Å². The van der Waals surface area contributed by atoms with E-state index in [4.69, 9.17) is 9.47 Å². The second-order valence-electron chi connectivity index (χ2n) is 19.3. The van der Waals surface area contributed by atoms with Crippen molar-refractivity contribution < 1.29 is 33.4 Å². The zero-order valence-corrected chi connectivity index (χ0v) is 37.1. The van der Waals surface area contributed by atoms with Gasteiger partial charge in [-0.05, 0) is 98.5 Å². The number of carbonyl (C=O) groups excluding carboxylic acids is 5. The highest BCUT2D eigenvalue weighted by Crippen LogP contribution is 2.56. The summed E-state index contributed by atoms with van der Waals surface area (Å²) in [5.41, 5.74) is 2.59. The smallest absolute Gasteiger partial charge is 0.262 e. The molecule has 4 fully saturated rings. The van der Waals surface area contributed by atoms with Gasteiger partial charge in [-0.25, -0.2) is 0 Å². The molecule has 3 aliphatic heterocycles. The molecule has 2 saturated carbocycles. The largest absolute Gasteiger partial charge is 0.490 e. The van der Waals surface area contributed by atoms with Crippen LogP contribution in [0.2, 0.25) is 0 Å². The lowest BCUT2D eigenvalue weighted by molar-refractivity contribution is -0.163. The van der Waals surface area contributed by atoms with Gasteiger partial charge < -0.3 is 24.6 Å². The average molecular weight is 866 g/mol. The Bertz CT molecular complexity index is 2550. The van der Waals surface area contributed by atoms with Gasteiger partial charge in [-0.3, -0.25) is 39.2 Å². The average Bonchev–Trinajstić information content (AvgIpc) is 3.52. The van der Waals surface area contributed by atoms with Crippen LogP contribution in [-0.2, 0) is 9.59 Å². The van der Waals surface area contributed by atoms with E-state index in [1.54, 1.807) is 30.5 Å². The maximum Gasteiger partial charge on any atom is 0.262 e. The number of rotatable bonds is 12. The molecule has 14 nitrogen and oxygen atoms in total. The highest BCUT2D eigenvalue weighted by Gasteiger charge is 2.64. The van der Waals surface area contributed by atoms with Crippen LogP contribution in [0.25, 0.3) is 10.9 Å². The van der Waals surface area contributed by atoms with Crippen molar-refractivity contribution in [1.29, 1.82) is 5.26 Å². The van der Waals surface area contributed by atoms with Crippen molar-refractivity contribution >= 4 is 46.1 Å². The quantitative estimate of drug-likeness (QED) is 0.154. The molecule has 4 aromatic rings. The number of nitriles is 1. The molecule has 4 heterocycles. The van der Waals surface area contributed by atoms with Gasteiger partial charge in [-0.1, -0.05) is 34.6 Å². The Labute approximate surface area is 373 Å². The molecular formula is C50H55N7O7. The van der Waals surface area contributed by atoms with Gasteiger partial charge in [0.25, 0.3) is 17.7 Å². The molecule has 332 valence electrons. The summed E-state index contributed by atoms with van der Waals surface area (Å²) >= 11 is 0. The van der Waals surface area contributed by atoms with Crippen molar-refractivity contribution in [2.24, 2.45) is 16.7 Å². The zero-order valence-electron chi connectivity index (χ0n) is 37.1. The standard InChI is InChI=1S/C50H55N7O7/c1-6-55(33-24-35(25-33)63-34-14-15-36-38(26-34)46(62)57(45(36)61)39-16-18-41(58)53-44(39)60)28-29-19-22-56(23-20-29)32-12-9-30(10-13-32)43(59)54-47-49(2,3)48(50(47,4)5)64-40-17-11-31(27-51)42-37(40)8-7-21-52-42/h7-15,17,21,26,29,33,35,39,47-48H,6,16,18-20,22-25,28H2,1-5H3,(H,54,59)(H,53,58,60)/t33?,35?,39-,47?,48?/m1/s1. The Hall–Kier alpha value is -6.33. The van der Waals surface area contributed by atoms with Gasteiger partial charge in [0.1, 0.15) is 35.8 Å². The summed E-state index contributed by atoms with van der Waals surface area (Å²) < 4.78 is 12.9. The molecule has 5 aliphatic rings. The van der Waals surface area contributed by atoms with E-state index < -0.39 is 29.7 Å². The van der Waals surface area contributed by atoms with Crippen molar-refractivity contribution in [3.63, 3.8) is 0 Å². The Morgan fingerprint density at radius 1 is 0.922 bits per heavy atom. The summed E-state index contributed by atoms with van der Waals surface area (Å²) in [5, 5.41) is 15.9. The summed E-state index contributed by atoms with van der Waals surface area (Å²) in [5.74, 6) is -0.430. The van der Waals surface area contributed by atoms with Crippen LogP contribution in [0.1, 0.15) is 110 Å². The van der Waals surface area contributed by atoms with Crippen molar-refractivity contribution in [1.82, 2.24) is 25.4 Å². The van der Waals surface area contributed by atoms with E-state index in [2.05, 4.69) is 78.2 Å². The number of hydrogen-bond acceptors (Lipinski definition) is 11. The zero-order chi connectivity index (χ0) is 45.1. The maximum atomic E-state index is 13.7. The molecule has 0 bridgehead atoms. The molecule has 0 spiro atoms. The second kappa shape index (κ2) is 16.7. The first-order valence-electron chi connectivity index (χ1n) is 22.5. The molecular weight excluding hydrogens is 811 g/mol. The lowest BCUT2D eigenvalue weighted by Crippen LogP contribution is -2.74. The summed E-state index contributed by atoms with van der Waals surface area (Å²) in [4.78, 5) is 74.5. The van der Waals surface area contributed by atoms with Crippen LogP contribution in [0.15, 0.2) is 72.9 Å². The number of nitrogens with zero attached hydrogens (tertiary/aromatic N) is 5. The normalized spacial score (nSPS) is 25.0. The highest BCUT2D eigenvalue weighted by molar-refractivity contribution is 6.23. The number of hydrogen-bond donors (Lipinski definition) is 2. The van der Waals surface area contributed by atoms with Crippen LogP contribution in [0.3, 0.4) is 0 Å². The minimum atomic E-state index is -1.000. The fourth-order valence-corrected chi connectivity index (χ4v) is 11.2. The first-order chi connectivity index (χ1) is 30.7. The minimum absolute atomic E-state index is 0.000737. The molecule has 2 aliphatic carbocycles. The van der Waals surface area contributed by atoms with Crippen LogP contribution in [-0.4, -0.2) is 101 Å². The van der Waals surface area contributed by atoms with E-state index in [0.717, 1.165) is 67.8 Å². The van der Waals surface area contributed by atoms with Crippen LogP contribution in [0, 0.1) is 28.1 Å². The molecule has 1 atom stereocenters. The van der Waals surface area contributed by atoms with Crippen molar-refractivity contribution in [3.05, 3.63) is 95.2 Å². The lowest BCUT2D eigenvalue weighted by atomic mass is 9.49. The summed E-state index contributed by atoms with van der Waals surface area (Å²) in [6.07, 6.45) is 5.58. The van der Waals surface area contributed by atoms with E-state index >= 15 is 0 Å². The van der Waals surface area contributed by atoms with Crippen LogP contribution in [0.5, 0.6) is 11.5 Å². The molecule has 2 N–H and O–H groups in total. The number of pyridine rings is 1. The fraction of sp³-hybridized carbons (Fsp3) is 0.460. The van der Waals surface area contributed by atoms with E-state index in [1.807, 2.05) is 30.3 Å². The van der Waals surface area contributed by atoms with E-state index in [9.17, 15) is 29.2 Å². The van der Waals surface area contributed by atoms with Crippen molar-refractivity contribution in [2.45, 2.75) is 103 Å². The van der Waals surface area contributed by atoms with Gasteiger partial charge in [-0.2, -0.15) is 5.26 Å². The Balaban J connectivity index is 0.733. The van der Waals surface area contributed by atoms with Crippen LogP contribution >= 0.6 is 0 Å². The molecule has 3 aromatic carbocycles. The van der Waals surface area contributed by atoms with Gasteiger partial charge in [0.15, 0.2) is 0 Å². The number of nitrogens with one attached hydrogen (secondary N) is 2. The van der Waals surface area contributed by atoms with E-state index in [-0.39, 0.29) is 59.0 Å². The molecule has 5 amide bonds. The number of imide groups is 2. The monoisotopic (exact) mass is 865 g/mol. The molecule has 14 heteroatoms. The lowest BCUT2D eigenvalue weighted by Gasteiger charge is -2.63. The van der Waals surface area contributed by atoms with E-state index in [1.165, 1.54) is 0 Å². The number of amides is 5. The first-order valence-corrected chi connectivity index (χ1v) is 22.5. The number of fused-ring (bicyclic) bond motifs is 2. The third kappa shape index (κ3) is 7.63. The molecule has 9 rings (SSSR count). The fourth-order valence-electron chi connectivity index (χ4n) is 11.2. The Morgan fingerprint density at radius 2 is 1.64 bits per heavy atom. The first kappa shape index (κ1) is 42.9. The third-order valence-corrected chi connectivity index (χ3v) is 14.5. The highest BCUT2D eigenvalue weighted by atomic mass is 16.5. The summed E-state index contributed by atoms with van der Waals surface area (Å²) in [6, 6.07) is 21.7. The van der Waals surface area contributed by atoms with Crippen molar-refractivity contribution in [2.75, 3.05) is 31.1 Å².